The number of rotatable bonds is 0. The summed E-state index contributed by atoms with van der Waals surface area (Å²) in [6.07, 6.45) is 1.87. The second kappa shape index (κ2) is 2.13. The Hall–Kier alpha value is -0.573. The first-order valence-corrected chi connectivity index (χ1v) is 3.21. The van der Waals surface area contributed by atoms with E-state index >= 15 is 0 Å². The molecule has 0 unspecified atom stereocenters. The van der Waals surface area contributed by atoms with Gasteiger partial charge < -0.3 is 8.54 Å². The largest absolute Gasteiger partial charge is 1.02 e. The van der Waals surface area contributed by atoms with E-state index < -0.39 is 0 Å². The van der Waals surface area contributed by atoms with Crippen LogP contribution in [-0.4, -0.2) is 15.8 Å². The average Bonchev–Trinajstić information content (AvgIpc) is 1.64. The average molecular weight is 127 g/mol. The van der Waals surface area contributed by atoms with Gasteiger partial charge in [-0.25, -0.2) is 0 Å². The Morgan fingerprint density at radius 3 is 2.75 bits per heavy atom. The highest BCUT2D eigenvalue weighted by atomic mass is 28.2. The number of hydrogen-bond donors (Lipinski definition) is 0. The van der Waals surface area contributed by atoms with Gasteiger partial charge in [-0.3, -0.25) is 0 Å². The van der Waals surface area contributed by atoms with Crippen molar-refractivity contribution in [1.82, 2.24) is 0 Å². The van der Waals surface area contributed by atoms with E-state index in [9.17, 15) is 0 Å². The number of hydrogen-bond acceptors (Lipinski definition) is 1. The third-order valence-corrected chi connectivity index (χ3v) is 1.62. The first-order valence-electron chi connectivity index (χ1n) is 2.39. The van der Waals surface area contributed by atoms with Crippen molar-refractivity contribution < 1.29 is 8.54 Å². The van der Waals surface area contributed by atoms with E-state index in [4.69, 9.17) is 8.54 Å². The molecule has 1 rings (SSSR count). The molecule has 0 N–H and O–H groups in total. The monoisotopic (exact) mass is 127 g/mol. The number of carbonyl (C=O) groups excluding carboxylic acids is 1. The van der Waals surface area contributed by atoms with Crippen LogP contribution in [0.3, 0.4) is 0 Å². The molecule has 0 saturated heterocycles. The second-order valence-electron chi connectivity index (χ2n) is 1.65. The van der Waals surface area contributed by atoms with Gasteiger partial charge in [-0.2, -0.15) is 0 Å². The van der Waals surface area contributed by atoms with Crippen molar-refractivity contribution >= 4 is 15.8 Å². The van der Waals surface area contributed by atoms with Gasteiger partial charge in [0.05, 0.1) is 11.8 Å². The zero-order valence-corrected chi connectivity index (χ0v) is 5.89. The fourth-order valence-corrected chi connectivity index (χ4v) is 0.920. The SMILES string of the molecule is CC1=CC(C)=[O+][Si]O1. The summed E-state index contributed by atoms with van der Waals surface area (Å²) in [6.45, 7) is 3.83. The van der Waals surface area contributed by atoms with Crippen LogP contribution in [0, 0.1) is 0 Å². The highest BCUT2D eigenvalue weighted by Crippen LogP contribution is 1.97. The van der Waals surface area contributed by atoms with Crippen molar-refractivity contribution in [3.8, 4) is 0 Å². The quantitative estimate of drug-likeness (QED) is 0.344. The second-order valence-corrected chi connectivity index (χ2v) is 2.23. The molecule has 0 amide bonds. The topological polar surface area (TPSA) is 20.5 Å². The summed E-state index contributed by atoms with van der Waals surface area (Å²) in [5.74, 6) is 1.87. The number of allylic oxidation sites excluding steroid dienone is 2. The molecular weight excluding hydrogens is 120 g/mol. The van der Waals surface area contributed by atoms with Gasteiger partial charge in [-0.1, -0.05) is 0 Å². The Kier molecular flexibility index (Phi) is 1.48. The van der Waals surface area contributed by atoms with E-state index in [0.29, 0.717) is 0 Å². The maximum Gasteiger partial charge on any atom is 1.02 e. The summed E-state index contributed by atoms with van der Waals surface area (Å²) < 4.78 is 9.99. The predicted molar refractivity (Wildman–Crippen MR) is 31.3 cm³/mol. The fraction of sp³-hybridized carbons (Fsp3) is 0.400. The summed E-state index contributed by atoms with van der Waals surface area (Å²) in [7, 11) is 0.157. The molecule has 1 aliphatic rings. The van der Waals surface area contributed by atoms with Crippen molar-refractivity contribution in [2.24, 2.45) is 0 Å². The Bertz CT molecular complexity index is 149. The van der Waals surface area contributed by atoms with Crippen molar-refractivity contribution in [2.45, 2.75) is 13.8 Å². The minimum Gasteiger partial charge on any atom is -0.464 e. The molecule has 2 radical (unpaired) electrons. The van der Waals surface area contributed by atoms with E-state index in [1.165, 1.54) is 0 Å². The van der Waals surface area contributed by atoms with Crippen molar-refractivity contribution in [2.75, 3.05) is 0 Å². The molecule has 1 heterocycles. The van der Waals surface area contributed by atoms with Gasteiger partial charge in [0.15, 0.2) is 0 Å². The molecule has 0 aromatic heterocycles. The predicted octanol–water partition coefficient (Wildman–Crippen LogP) is 0.579. The highest BCUT2D eigenvalue weighted by molar-refractivity contribution is 6.18. The zero-order valence-electron chi connectivity index (χ0n) is 4.89. The Morgan fingerprint density at radius 2 is 2.38 bits per heavy atom. The third kappa shape index (κ3) is 1.20. The van der Waals surface area contributed by atoms with E-state index in [-0.39, 0.29) is 10.0 Å². The van der Waals surface area contributed by atoms with Crippen LogP contribution >= 0.6 is 0 Å². The lowest BCUT2D eigenvalue weighted by Gasteiger charge is -1.95. The molecule has 0 atom stereocenters. The Labute approximate surface area is 50.9 Å². The van der Waals surface area contributed by atoms with Gasteiger partial charge in [0.1, 0.15) is 0 Å². The maximum atomic E-state index is 4.99. The number of ketones is 1. The standard InChI is InChI=1S/C5H7O2Si/c1-4-3-5(2)7-8-6-4/h3H,1-2H3/q+1. The van der Waals surface area contributed by atoms with E-state index in [1.807, 2.05) is 19.9 Å². The maximum absolute atomic E-state index is 4.99. The zero-order chi connectivity index (χ0) is 5.98. The van der Waals surface area contributed by atoms with Crippen LogP contribution in [0.1, 0.15) is 13.8 Å². The Balaban J connectivity index is 2.69. The van der Waals surface area contributed by atoms with Crippen molar-refractivity contribution in [1.29, 1.82) is 0 Å². The molecule has 3 heteroatoms. The lowest BCUT2D eigenvalue weighted by Crippen LogP contribution is -2.09. The molecule has 0 aromatic carbocycles. The normalized spacial score (nSPS) is 18.8. The van der Waals surface area contributed by atoms with Gasteiger partial charge in [-0.15, -0.1) is 0 Å². The van der Waals surface area contributed by atoms with Gasteiger partial charge in [0.2, 0.25) is 0 Å². The lowest BCUT2D eigenvalue weighted by atomic mass is 10.4. The third-order valence-electron chi connectivity index (χ3n) is 0.812. The first-order chi connectivity index (χ1) is 3.79. The molecule has 2 nitrogen and oxygen atoms in total. The molecule has 0 fully saturated rings. The first kappa shape index (κ1) is 5.56. The van der Waals surface area contributed by atoms with E-state index in [0.717, 1.165) is 11.5 Å². The van der Waals surface area contributed by atoms with Crippen molar-refractivity contribution in [3.63, 3.8) is 0 Å². The molecule has 1 aliphatic heterocycles. The highest BCUT2D eigenvalue weighted by Gasteiger charge is 2.19. The van der Waals surface area contributed by atoms with Crippen LogP contribution in [-0.2, 0) is 8.54 Å². The molecule has 0 aromatic rings. The van der Waals surface area contributed by atoms with Crippen molar-refractivity contribution in [3.05, 3.63) is 11.8 Å². The van der Waals surface area contributed by atoms with Crippen LogP contribution in [0.15, 0.2) is 11.8 Å². The van der Waals surface area contributed by atoms with Gasteiger partial charge >= 0.3 is 10.0 Å². The minimum absolute atomic E-state index is 0.157. The summed E-state index contributed by atoms with van der Waals surface area (Å²) in [4.78, 5) is 0. The summed E-state index contributed by atoms with van der Waals surface area (Å²) in [5.41, 5.74) is 0. The molecule has 0 saturated carbocycles. The fourth-order valence-electron chi connectivity index (χ4n) is 0.497. The van der Waals surface area contributed by atoms with Crippen LogP contribution in [0.25, 0.3) is 0 Å². The molecule has 0 aliphatic carbocycles. The lowest BCUT2D eigenvalue weighted by molar-refractivity contribution is -0.304. The van der Waals surface area contributed by atoms with E-state index in [2.05, 4.69) is 0 Å². The summed E-state index contributed by atoms with van der Waals surface area (Å²) in [6, 6.07) is 0. The van der Waals surface area contributed by atoms with Gasteiger partial charge in [0, 0.05) is 6.92 Å². The molecule has 42 valence electrons. The van der Waals surface area contributed by atoms with Crippen LogP contribution in [0.4, 0.5) is 0 Å². The van der Waals surface area contributed by atoms with Crippen LogP contribution in [0.5, 0.6) is 0 Å². The van der Waals surface area contributed by atoms with E-state index in [1.54, 1.807) is 0 Å². The molecular formula is C5H7O2Si+. The molecule has 8 heavy (non-hydrogen) atoms. The Morgan fingerprint density at radius 1 is 1.62 bits per heavy atom. The van der Waals surface area contributed by atoms with Gasteiger partial charge in [-0.05, 0) is 6.92 Å². The molecule has 0 spiro atoms. The summed E-state index contributed by atoms with van der Waals surface area (Å²) in [5, 5.41) is 0. The smallest absolute Gasteiger partial charge is 0.464 e. The van der Waals surface area contributed by atoms with Crippen LogP contribution in [0.2, 0.25) is 0 Å². The van der Waals surface area contributed by atoms with Gasteiger partial charge in [0.25, 0.3) is 5.78 Å². The minimum atomic E-state index is 0.157. The molecule has 0 bridgehead atoms. The summed E-state index contributed by atoms with van der Waals surface area (Å²) >= 11 is 0. The van der Waals surface area contributed by atoms with Crippen LogP contribution < -0.4 is 0 Å².